The van der Waals surface area contributed by atoms with E-state index in [0.29, 0.717) is 5.56 Å². The van der Waals surface area contributed by atoms with Gasteiger partial charge < -0.3 is 5.32 Å². The number of halogens is 1. The lowest BCUT2D eigenvalue weighted by Gasteiger charge is -2.04. The van der Waals surface area contributed by atoms with Gasteiger partial charge in [-0.05, 0) is 29.8 Å². The van der Waals surface area contributed by atoms with Gasteiger partial charge in [0.05, 0.1) is 4.92 Å². The molecule has 2 rings (SSSR count). The Hall–Kier alpha value is -3.53. The Morgan fingerprint density at radius 2 is 1.96 bits per heavy atom. The number of non-ortho nitro benzene ring substituents is 1. The van der Waals surface area contributed by atoms with Crippen molar-refractivity contribution in [3.8, 4) is 6.07 Å². The van der Waals surface area contributed by atoms with Crippen molar-refractivity contribution in [2.24, 2.45) is 0 Å². The molecule has 0 radical (unpaired) electrons. The van der Waals surface area contributed by atoms with Crippen molar-refractivity contribution < 1.29 is 14.1 Å². The SMILES string of the molecule is N#C/C(=C\c1ccc(F)cc1)C(=O)Nc1cccc([N+](=O)[O-])c1. The first kappa shape index (κ1) is 15.9. The number of carbonyl (C=O) groups excluding carboxylic acids is 1. The molecule has 7 heteroatoms. The number of amides is 1. The molecule has 0 saturated heterocycles. The summed E-state index contributed by atoms with van der Waals surface area (Å²) in [7, 11) is 0. The summed E-state index contributed by atoms with van der Waals surface area (Å²) < 4.78 is 12.8. The molecule has 0 spiro atoms. The van der Waals surface area contributed by atoms with Crippen molar-refractivity contribution in [3.05, 3.63) is 75.6 Å². The molecule has 23 heavy (non-hydrogen) atoms. The monoisotopic (exact) mass is 311 g/mol. The van der Waals surface area contributed by atoms with Crippen LogP contribution in [0.25, 0.3) is 6.08 Å². The molecule has 114 valence electrons. The molecule has 0 unspecified atom stereocenters. The van der Waals surface area contributed by atoms with Crippen LogP contribution >= 0.6 is 0 Å². The van der Waals surface area contributed by atoms with Crippen LogP contribution in [0.15, 0.2) is 54.1 Å². The van der Waals surface area contributed by atoms with Crippen LogP contribution in [-0.4, -0.2) is 10.8 Å². The average molecular weight is 311 g/mol. The summed E-state index contributed by atoms with van der Waals surface area (Å²) in [6, 6.07) is 12.4. The van der Waals surface area contributed by atoms with Gasteiger partial charge in [0.25, 0.3) is 11.6 Å². The lowest BCUT2D eigenvalue weighted by Crippen LogP contribution is -2.13. The van der Waals surface area contributed by atoms with Crippen molar-refractivity contribution in [1.29, 1.82) is 5.26 Å². The van der Waals surface area contributed by atoms with Gasteiger partial charge in [0.15, 0.2) is 0 Å². The second-order valence-electron chi connectivity index (χ2n) is 4.48. The Morgan fingerprint density at radius 1 is 1.26 bits per heavy atom. The van der Waals surface area contributed by atoms with Gasteiger partial charge in [-0.3, -0.25) is 14.9 Å². The molecule has 0 fully saturated rings. The van der Waals surface area contributed by atoms with E-state index in [1.807, 2.05) is 0 Å². The topological polar surface area (TPSA) is 96.0 Å². The van der Waals surface area contributed by atoms with Crippen LogP contribution in [0.2, 0.25) is 0 Å². The molecule has 2 aromatic rings. The minimum absolute atomic E-state index is 0.177. The number of nitrogens with one attached hydrogen (secondary N) is 1. The Morgan fingerprint density at radius 3 is 2.57 bits per heavy atom. The molecule has 0 saturated carbocycles. The molecule has 2 aromatic carbocycles. The largest absolute Gasteiger partial charge is 0.321 e. The van der Waals surface area contributed by atoms with Gasteiger partial charge in [0.1, 0.15) is 17.5 Å². The molecule has 0 aromatic heterocycles. The first-order valence-corrected chi connectivity index (χ1v) is 6.43. The van der Waals surface area contributed by atoms with E-state index in [2.05, 4.69) is 5.32 Å². The van der Waals surface area contributed by atoms with E-state index < -0.39 is 16.6 Å². The van der Waals surface area contributed by atoms with Crippen LogP contribution in [0.3, 0.4) is 0 Å². The molecule has 1 amide bonds. The summed E-state index contributed by atoms with van der Waals surface area (Å²) >= 11 is 0. The molecule has 0 atom stereocenters. The summed E-state index contributed by atoms with van der Waals surface area (Å²) in [5.74, 6) is -1.14. The molecule has 0 aliphatic rings. The van der Waals surface area contributed by atoms with Gasteiger partial charge in [-0.25, -0.2) is 4.39 Å². The second-order valence-corrected chi connectivity index (χ2v) is 4.48. The fraction of sp³-hybridized carbons (Fsp3) is 0. The fourth-order valence-corrected chi connectivity index (χ4v) is 1.77. The predicted molar refractivity (Wildman–Crippen MR) is 81.7 cm³/mol. The Balaban J connectivity index is 2.21. The van der Waals surface area contributed by atoms with Gasteiger partial charge in [0.2, 0.25) is 0 Å². The van der Waals surface area contributed by atoms with Crippen molar-refractivity contribution in [2.45, 2.75) is 0 Å². The van der Waals surface area contributed by atoms with Crippen LogP contribution in [0, 0.1) is 27.3 Å². The van der Waals surface area contributed by atoms with Gasteiger partial charge in [-0.1, -0.05) is 18.2 Å². The lowest BCUT2D eigenvalue weighted by atomic mass is 10.1. The van der Waals surface area contributed by atoms with Crippen LogP contribution in [0.5, 0.6) is 0 Å². The van der Waals surface area contributed by atoms with Crippen LogP contribution < -0.4 is 5.32 Å². The number of nitrogens with zero attached hydrogens (tertiary/aromatic N) is 2. The molecule has 0 heterocycles. The van der Waals surface area contributed by atoms with Crippen LogP contribution in [-0.2, 0) is 4.79 Å². The maximum atomic E-state index is 12.8. The molecule has 0 bridgehead atoms. The van der Waals surface area contributed by atoms with E-state index >= 15 is 0 Å². The van der Waals surface area contributed by atoms with E-state index in [0.717, 1.165) is 0 Å². The van der Waals surface area contributed by atoms with E-state index in [1.165, 1.54) is 54.6 Å². The highest BCUT2D eigenvalue weighted by atomic mass is 19.1. The number of carbonyl (C=O) groups is 1. The molecule has 0 aliphatic carbocycles. The Bertz CT molecular complexity index is 823. The number of hydrogen-bond donors (Lipinski definition) is 1. The van der Waals surface area contributed by atoms with E-state index in [1.54, 1.807) is 6.07 Å². The zero-order valence-electron chi connectivity index (χ0n) is 11.7. The minimum atomic E-state index is -0.711. The van der Waals surface area contributed by atoms with E-state index in [9.17, 15) is 19.3 Å². The van der Waals surface area contributed by atoms with Crippen LogP contribution in [0.1, 0.15) is 5.56 Å². The summed E-state index contributed by atoms with van der Waals surface area (Å²) in [5, 5.41) is 22.2. The summed E-state index contributed by atoms with van der Waals surface area (Å²) in [6.07, 6.45) is 1.30. The van der Waals surface area contributed by atoms with Gasteiger partial charge in [-0.2, -0.15) is 5.26 Å². The van der Waals surface area contributed by atoms with E-state index in [4.69, 9.17) is 5.26 Å². The van der Waals surface area contributed by atoms with Crippen molar-refractivity contribution >= 4 is 23.4 Å². The summed E-state index contributed by atoms with van der Waals surface area (Å²) in [6.45, 7) is 0. The van der Waals surface area contributed by atoms with Crippen LogP contribution in [0.4, 0.5) is 15.8 Å². The Labute approximate surface area is 130 Å². The zero-order chi connectivity index (χ0) is 16.8. The van der Waals surface area contributed by atoms with Gasteiger partial charge in [0, 0.05) is 17.8 Å². The van der Waals surface area contributed by atoms with Crippen molar-refractivity contribution in [1.82, 2.24) is 0 Å². The third-order valence-electron chi connectivity index (χ3n) is 2.86. The number of nitro benzene ring substituents is 1. The number of rotatable bonds is 4. The van der Waals surface area contributed by atoms with Crippen molar-refractivity contribution in [2.75, 3.05) is 5.32 Å². The highest BCUT2D eigenvalue weighted by Gasteiger charge is 2.12. The second kappa shape index (κ2) is 6.95. The summed E-state index contributed by atoms with van der Waals surface area (Å²) in [4.78, 5) is 22.2. The predicted octanol–water partition coefficient (Wildman–Crippen LogP) is 3.28. The quantitative estimate of drug-likeness (QED) is 0.405. The normalized spacial score (nSPS) is 10.7. The van der Waals surface area contributed by atoms with E-state index in [-0.39, 0.29) is 16.9 Å². The van der Waals surface area contributed by atoms with Gasteiger partial charge in [-0.15, -0.1) is 0 Å². The number of nitro groups is 1. The molecule has 6 nitrogen and oxygen atoms in total. The van der Waals surface area contributed by atoms with Gasteiger partial charge >= 0.3 is 0 Å². The maximum Gasteiger partial charge on any atom is 0.271 e. The highest BCUT2D eigenvalue weighted by molar-refractivity contribution is 6.09. The first-order chi connectivity index (χ1) is 11.0. The Kier molecular flexibility index (Phi) is 4.79. The smallest absolute Gasteiger partial charge is 0.271 e. The fourth-order valence-electron chi connectivity index (χ4n) is 1.77. The average Bonchev–Trinajstić information content (AvgIpc) is 2.54. The lowest BCUT2D eigenvalue weighted by molar-refractivity contribution is -0.384. The maximum absolute atomic E-state index is 12.8. The molecular weight excluding hydrogens is 301 g/mol. The third kappa shape index (κ3) is 4.22. The summed E-state index contributed by atoms with van der Waals surface area (Å²) in [5.41, 5.74) is 0.300. The minimum Gasteiger partial charge on any atom is -0.321 e. The van der Waals surface area contributed by atoms with Crippen molar-refractivity contribution in [3.63, 3.8) is 0 Å². The molecule has 1 N–H and O–H groups in total. The number of hydrogen-bond acceptors (Lipinski definition) is 4. The molecule has 0 aliphatic heterocycles. The number of anilines is 1. The highest BCUT2D eigenvalue weighted by Crippen LogP contribution is 2.18. The number of nitriles is 1. The zero-order valence-corrected chi connectivity index (χ0v) is 11.7. The first-order valence-electron chi connectivity index (χ1n) is 6.43. The standard InChI is InChI=1S/C16H10FN3O3/c17-13-6-4-11(5-7-13)8-12(10-18)16(21)19-14-2-1-3-15(9-14)20(22)23/h1-9H,(H,19,21)/b12-8+. The molecular formula is C16H10FN3O3. The third-order valence-corrected chi connectivity index (χ3v) is 2.86. The number of benzene rings is 2.